The van der Waals surface area contributed by atoms with Gasteiger partial charge in [-0.15, -0.1) is 0 Å². The Morgan fingerprint density at radius 3 is 2.62 bits per heavy atom. The van der Waals surface area contributed by atoms with Gasteiger partial charge in [-0.1, -0.05) is 25.0 Å². The summed E-state index contributed by atoms with van der Waals surface area (Å²) in [7, 11) is 0. The quantitative estimate of drug-likeness (QED) is 0.882. The number of para-hydroxylation sites is 2. The van der Waals surface area contributed by atoms with Crippen LogP contribution in [0.3, 0.4) is 0 Å². The van der Waals surface area contributed by atoms with Crippen LogP contribution in [-0.2, 0) is 4.79 Å². The molecule has 3 rings (SSSR count). The van der Waals surface area contributed by atoms with Crippen LogP contribution in [0.2, 0.25) is 0 Å². The lowest BCUT2D eigenvalue weighted by atomic mass is 9.97. The molecule has 1 heterocycles. The molecule has 1 unspecified atom stereocenters. The minimum atomic E-state index is -0.817. The van der Waals surface area contributed by atoms with Crippen LogP contribution in [0.15, 0.2) is 24.3 Å². The third-order valence-electron chi connectivity index (χ3n) is 4.93. The number of hydrogen-bond acceptors (Lipinski definition) is 3. The molecule has 0 saturated heterocycles. The van der Waals surface area contributed by atoms with Crippen molar-refractivity contribution in [2.45, 2.75) is 70.6 Å². The SMILES string of the molecule is CC(NC(=O)CC1(O)CCCC1)c1nc2ccccc2n1C(C)C. The molecule has 130 valence electrons. The van der Waals surface area contributed by atoms with E-state index in [0.717, 1.165) is 42.5 Å². The van der Waals surface area contributed by atoms with Crippen molar-refractivity contribution in [3.8, 4) is 0 Å². The Balaban J connectivity index is 1.79. The molecule has 1 aromatic heterocycles. The van der Waals surface area contributed by atoms with E-state index in [1.165, 1.54) is 0 Å². The van der Waals surface area contributed by atoms with Gasteiger partial charge in [-0.05, 0) is 45.7 Å². The van der Waals surface area contributed by atoms with Crippen molar-refractivity contribution in [1.82, 2.24) is 14.9 Å². The summed E-state index contributed by atoms with van der Waals surface area (Å²) in [5.74, 6) is 0.757. The van der Waals surface area contributed by atoms with Gasteiger partial charge in [0.15, 0.2) is 0 Å². The normalized spacial score (nSPS) is 18.2. The zero-order valence-corrected chi connectivity index (χ0v) is 14.7. The van der Waals surface area contributed by atoms with Crippen LogP contribution in [0.5, 0.6) is 0 Å². The highest BCUT2D eigenvalue weighted by Gasteiger charge is 2.34. The third-order valence-corrected chi connectivity index (χ3v) is 4.93. The van der Waals surface area contributed by atoms with Crippen molar-refractivity contribution in [2.75, 3.05) is 0 Å². The number of carbonyl (C=O) groups excluding carboxylic acids is 1. The topological polar surface area (TPSA) is 67.2 Å². The number of aromatic nitrogens is 2. The van der Waals surface area contributed by atoms with E-state index in [2.05, 4.69) is 29.8 Å². The first-order valence-electron chi connectivity index (χ1n) is 8.88. The number of rotatable bonds is 5. The number of aliphatic hydroxyl groups is 1. The molecule has 1 saturated carbocycles. The van der Waals surface area contributed by atoms with Crippen molar-refractivity contribution in [3.63, 3.8) is 0 Å². The molecule has 0 spiro atoms. The zero-order valence-electron chi connectivity index (χ0n) is 14.7. The lowest BCUT2D eigenvalue weighted by Gasteiger charge is -2.23. The van der Waals surface area contributed by atoms with Gasteiger partial charge in [0.2, 0.25) is 5.91 Å². The van der Waals surface area contributed by atoms with Crippen molar-refractivity contribution < 1.29 is 9.90 Å². The Labute approximate surface area is 143 Å². The molecule has 24 heavy (non-hydrogen) atoms. The predicted octanol–water partition coefficient (Wildman–Crippen LogP) is 3.49. The maximum absolute atomic E-state index is 12.4. The molecule has 0 radical (unpaired) electrons. The fraction of sp³-hybridized carbons (Fsp3) is 0.579. The van der Waals surface area contributed by atoms with Gasteiger partial charge in [0.25, 0.3) is 0 Å². The number of benzene rings is 1. The molecular weight excluding hydrogens is 302 g/mol. The predicted molar refractivity (Wildman–Crippen MR) is 94.7 cm³/mol. The number of hydrogen-bond donors (Lipinski definition) is 2. The van der Waals surface area contributed by atoms with E-state index in [-0.39, 0.29) is 24.4 Å². The number of carbonyl (C=O) groups is 1. The Morgan fingerprint density at radius 1 is 1.29 bits per heavy atom. The maximum Gasteiger partial charge on any atom is 0.223 e. The summed E-state index contributed by atoms with van der Waals surface area (Å²) >= 11 is 0. The monoisotopic (exact) mass is 329 g/mol. The van der Waals surface area contributed by atoms with E-state index in [1.54, 1.807) is 0 Å². The van der Waals surface area contributed by atoms with Crippen LogP contribution in [0.25, 0.3) is 11.0 Å². The van der Waals surface area contributed by atoms with Gasteiger partial charge in [0, 0.05) is 6.04 Å². The molecule has 1 aromatic carbocycles. The molecule has 2 N–H and O–H groups in total. The molecule has 0 bridgehead atoms. The number of amides is 1. The van der Waals surface area contributed by atoms with Crippen molar-refractivity contribution in [2.24, 2.45) is 0 Å². The van der Waals surface area contributed by atoms with E-state index in [1.807, 2.05) is 25.1 Å². The van der Waals surface area contributed by atoms with Gasteiger partial charge in [-0.3, -0.25) is 4.79 Å². The van der Waals surface area contributed by atoms with Gasteiger partial charge in [-0.2, -0.15) is 0 Å². The molecule has 1 fully saturated rings. The van der Waals surface area contributed by atoms with Crippen molar-refractivity contribution in [3.05, 3.63) is 30.1 Å². The fourth-order valence-electron chi connectivity index (χ4n) is 3.78. The number of imidazole rings is 1. The first-order valence-corrected chi connectivity index (χ1v) is 8.88. The molecule has 2 aromatic rings. The smallest absolute Gasteiger partial charge is 0.223 e. The largest absolute Gasteiger partial charge is 0.389 e. The second-order valence-electron chi connectivity index (χ2n) is 7.32. The summed E-state index contributed by atoms with van der Waals surface area (Å²) < 4.78 is 2.17. The van der Waals surface area contributed by atoms with E-state index in [4.69, 9.17) is 4.98 Å². The van der Waals surface area contributed by atoms with Gasteiger partial charge < -0.3 is 15.0 Å². The molecule has 1 amide bonds. The van der Waals surface area contributed by atoms with Gasteiger partial charge >= 0.3 is 0 Å². The molecular formula is C19H27N3O2. The highest BCUT2D eigenvalue weighted by Crippen LogP contribution is 2.32. The molecule has 1 aliphatic rings. The maximum atomic E-state index is 12.4. The highest BCUT2D eigenvalue weighted by molar-refractivity contribution is 5.78. The fourth-order valence-corrected chi connectivity index (χ4v) is 3.78. The van der Waals surface area contributed by atoms with Crippen LogP contribution in [0.1, 0.15) is 70.8 Å². The molecule has 0 aliphatic heterocycles. The zero-order chi connectivity index (χ0) is 17.3. The van der Waals surface area contributed by atoms with E-state index in [9.17, 15) is 9.90 Å². The van der Waals surface area contributed by atoms with E-state index >= 15 is 0 Å². The second kappa shape index (κ2) is 6.55. The van der Waals surface area contributed by atoms with Crippen LogP contribution < -0.4 is 5.32 Å². The highest BCUT2D eigenvalue weighted by atomic mass is 16.3. The first kappa shape index (κ1) is 17.0. The van der Waals surface area contributed by atoms with Crippen LogP contribution >= 0.6 is 0 Å². The molecule has 1 aliphatic carbocycles. The average molecular weight is 329 g/mol. The lowest BCUT2D eigenvalue weighted by molar-refractivity contribution is -0.126. The van der Waals surface area contributed by atoms with Crippen LogP contribution in [0.4, 0.5) is 0 Å². The van der Waals surface area contributed by atoms with Gasteiger partial charge in [-0.25, -0.2) is 4.98 Å². The van der Waals surface area contributed by atoms with Crippen LogP contribution in [-0.4, -0.2) is 26.2 Å². The van der Waals surface area contributed by atoms with Gasteiger partial charge in [0.05, 0.1) is 29.1 Å². The second-order valence-corrected chi connectivity index (χ2v) is 7.32. The van der Waals surface area contributed by atoms with Crippen LogP contribution in [0, 0.1) is 0 Å². The summed E-state index contributed by atoms with van der Waals surface area (Å²) in [6.45, 7) is 6.19. The Hall–Kier alpha value is -1.88. The Bertz CT molecular complexity index is 729. The summed E-state index contributed by atoms with van der Waals surface area (Å²) in [6.07, 6.45) is 3.63. The number of nitrogens with one attached hydrogen (secondary N) is 1. The van der Waals surface area contributed by atoms with E-state index in [0.29, 0.717) is 0 Å². The molecule has 1 atom stereocenters. The van der Waals surface area contributed by atoms with Gasteiger partial charge in [0.1, 0.15) is 5.82 Å². The minimum absolute atomic E-state index is 0.103. The summed E-state index contributed by atoms with van der Waals surface area (Å²) in [5, 5.41) is 13.4. The Kier molecular flexibility index (Phi) is 4.63. The number of nitrogens with zero attached hydrogens (tertiary/aromatic N) is 2. The Morgan fingerprint density at radius 2 is 1.96 bits per heavy atom. The average Bonchev–Trinajstić information content (AvgIpc) is 3.10. The summed E-state index contributed by atoms with van der Waals surface area (Å²) in [5.41, 5.74) is 1.21. The third kappa shape index (κ3) is 3.31. The molecule has 5 heteroatoms. The minimum Gasteiger partial charge on any atom is -0.389 e. The van der Waals surface area contributed by atoms with Crippen molar-refractivity contribution >= 4 is 16.9 Å². The van der Waals surface area contributed by atoms with E-state index < -0.39 is 5.60 Å². The first-order chi connectivity index (χ1) is 11.4. The lowest BCUT2D eigenvalue weighted by Crippen LogP contribution is -2.36. The van der Waals surface area contributed by atoms with Crippen molar-refractivity contribution in [1.29, 1.82) is 0 Å². The number of fused-ring (bicyclic) bond motifs is 1. The summed E-state index contributed by atoms with van der Waals surface area (Å²) in [6, 6.07) is 8.09. The standard InChI is InChI=1S/C19H27N3O2/c1-13(2)22-16-9-5-4-8-15(16)21-18(22)14(3)20-17(23)12-19(24)10-6-7-11-19/h4-5,8-9,13-14,24H,6-7,10-12H2,1-3H3,(H,20,23). The molecule has 5 nitrogen and oxygen atoms in total. The summed E-state index contributed by atoms with van der Waals surface area (Å²) in [4.78, 5) is 17.1.